The van der Waals surface area contributed by atoms with Crippen molar-refractivity contribution in [2.24, 2.45) is 0 Å². The van der Waals surface area contributed by atoms with Gasteiger partial charge in [0.15, 0.2) is 9.84 Å². The van der Waals surface area contributed by atoms with Gasteiger partial charge in [-0.05, 0) is 35.7 Å². The number of likely N-dealkylation sites (N-methyl/N-ethyl adjacent to an activating group) is 1. The first-order valence-electron chi connectivity index (χ1n) is 9.59. The molecule has 2 aromatic rings. The Labute approximate surface area is 161 Å². The van der Waals surface area contributed by atoms with Crippen molar-refractivity contribution in [3.05, 3.63) is 42.5 Å². The smallest absolute Gasteiger partial charge is 0.242 e. The molecule has 146 valence electrons. The van der Waals surface area contributed by atoms with Crippen molar-refractivity contribution in [3.63, 3.8) is 0 Å². The zero-order chi connectivity index (χ0) is 19.4. The van der Waals surface area contributed by atoms with Gasteiger partial charge >= 0.3 is 0 Å². The molecule has 27 heavy (non-hydrogen) atoms. The van der Waals surface area contributed by atoms with Gasteiger partial charge in [-0.15, -0.1) is 0 Å². The summed E-state index contributed by atoms with van der Waals surface area (Å²) in [6.45, 7) is 2.95. The average Bonchev–Trinajstić information content (AvgIpc) is 3.01. The number of carbonyl (C=O) groups excluding carboxylic acids is 1. The van der Waals surface area contributed by atoms with Crippen LogP contribution in [-0.4, -0.2) is 56.9 Å². The summed E-state index contributed by atoms with van der Waals surface area (Å²) in [7, 11) is -1.10. The predicted octanol–water partition coefficient (Wildman–Crippen LogP) is 3.09. The molecular weight excluding hydrogens is 360 g/mol. The van der Waals surface area contributed by atoms with Crippen LogP contribution in [0.5, 0.6) is 0 Å². The molecule has 0 aromatic heterocycles. The molecule has 0 N–H and O–H groups in total. The fraction of sp³-hybridized carbons (Fsp3) is 0.476. The number of carbonyl (C=O) groups is 1. The fourth-order valence-corrected chi connectivity index (χ4v) is 5.39. The summed E-state index contributed by atoms with van der Waals surface area (Å²) in [6.07, 6.45) is 2.42. The third-order valence-corrected chi connectivity index (χ3v) is 7.02. The van der Waals surface area contributed by atoms with E-state index in [2.05, 4.69) is 31.2 Å². The molecule has 1 amide bonds. The van der Waals surface area contributed by atoms with Crippen LogP contribution in [0.25, 0.3) is 10.8 Å². The SMILES string of the molecule is CCCCN(C(=O)CN(C)c1ccc2ccccc2c1)[C@@H]1CCS(=O)(=O)C1. The van der Waals surface area contributed by atoms with Gasteiger partial charge in [0, 0.05) is 25.3 Å². The lowest BCUT2D eigenvalue weighted by Crippen LogP contribution is -2.46. The molecule has 0 aliphatic carbocycles. The van der Waals surface area contributed by atoms with E-state index in [1.54, 1.807) is 4.90 Å². The normalized spacial score (nSPS) is 18.5. The van der Waals surface area contributed by atoms with Crippen molar-refractivity contribution in [2.75, 3.05) is 36.5 Å². The largest absolute Gasteiger partial charge is 0.365 e. The van der Waals surface area contributed by atoms with E-state index in [4.69, 9.17) is 0 Å². The van der Waals surface area contributed by atoms with Crippen LogP contribution in [0.1, 0.15) is 26.2 Å². The molecule has 1 atom stereocenters. The second kappa shape index (κ2) is 8.30. The van der Waals surface area contributed by atoms with E-state index in [-0.39, 0.29) is 30.0 Å². The zero-order valence-corrected chi connectivity index (χ0v) is 16.9. The number of hydrogen-bond donors (Lipinski definition) is 0. The number of hydrogen-bond acceptors (Lipinski definition) is 4. The summed E-state index contributed by atoms with van der Waals surface area (Å²) < 4.78 is 23.7. The van der Waals surface area contributed by atoms with E-state index >= 15 is 0 Å². The summed E-state index contributed by atoms with van der Waals surface area (Å²) in [5, 5.41) is 2.31. The summed E-state index contributed by atoms with van der Waals surface area (Å²) >= 11 is 0. The van der Waals surface area contributed by atoms with Crippen molar-refractivity contribution in [2.45, 2.75) is 32.2 Å². The van der Waals surface area contributed by atoms with E-state index in [0.717, 1.165) is 23.9 Å². The van der Waals surface area contributed by atoms with Crippen molar-refractivity contribution < 1.29 is 13.2 Å². The van der Waals surface area contributed by atoms with Gasteiger partial charge in [0.05, 0.1) is 18.1 Å². The number of nitrogens with zero attached hydrogens (tertiary/aromatic N) is 2. The Morgan fingerprint density at radius 3 is 2.56 bits per heavy atom. The van der Waals surface area contributed by atoms with Gasteiger partial charge in [0.2, 0.25) is 5.91 Å². The number of rotatable bonds is 7. The minimum atomic E-state index is -3.01. The maximum Gasteiger partial charge on any atom is 0.242 e. The highest BCUT2D eigenvalue weighted by Gasteiger charge is 2.34. The molecule has 0 unspecified atom stereocenters. The van der Waals surface area contributed by atoms with E-state index < -0.39 is 9.84 Å². The summed E-state index contributed by atoms with van der Waals surface area (Å²) in [4.78, 5) is 16.7. The summed E-state index contributed by atoms with van der Waals surface area (Å²) in [5.74, 6) is 0.289. The average molecular weight is 389 g/mol. The molecule has 1 heterocycles. The fourth-order valence-electron chi connectivity index (χ4n) is 3.66. The summed E-state index contributed by atoms with van der Waals surface area (Å²) in [6, 6.07) is 14.1. The maximum atomic E-state index is 13.0. The molecule has 0 saturated carbocycles. The van der Waals surface area contributed by atoms with Crippen LogP contribution in [0.3, 0.4) is 0 Å². The van der Waals surface area contributed by atoms with Gasteiger partial charge < -0.3 is 9.80 Å². The Balaban J connectivity index is 1.73. The van der Waals surface area contributed by atoms with Gasteiger partial charge in [0.25, 0.3) is 0 Å². The Kier molecular flexibility index (Phi) is 6.05. The molecular formula is C21H28N2O3S. The molecule has 0 radical (unpaired) electrons. The second-order valence-electron chi connectivity index (χ2n) is 7.39. The molecule has 2 aromatic carbocycles. The Morgan fingerprint density at radius 1 is 1.15 bits per heavy atom. The molecule has 1 fully saturated rings. The first kappa shape index (κ1) is 19.7. The standard InChI is InChI=1S/C21H28N2O3S/c1-3-4-12-23(20-11-13-27(25,26)16-20)21(24)15-22(2)19-10-9-17-7-5-6-8-18(17)14-19/h5-10,14,20H,3-4,11-13,15-16H2,1-2H3/t20-/m1/s1. The lowest BCUT2D eigenvalue weighted by Gasteiger charge is -2.30. The number of unbranched alkanes of at least 4 members (excludes halogenated alkanes) is 1. The van der Waals surface area contributed by atoms with Crippen LogP contribution in [0, 0.1) is 0 Å². The number of anilines is 1. The number of amides is 1. The molecule has 1 aliphatic heterocycles. The predicted molar refractivity (Wildman–Crippen MR) is 111 cm³/mol. The van der Waals surface area contributed by atoms with E-state index in [0.29, 0.717) is 13.0 Å². The first-order chi connectivity index (χ1) is 12.9. The van der Waals surface area contributed by atoms with Gasteiger partial charge in [0.1, 0.15) is 0 Å². The van der Waals surface area contributed by atoms with Crippen molar-refractivity contribution in [1.82, 2.24) is 4.90 Å². The van der Waals surface area contributed by atoms with Crippen LogP contribution < -0.4 is 4.90 Å². The van der Waals surface area contributed by atoms with Gasteiger partial charge in [-0.2, -0.15) is 0 Å². The highest BCUT2D eigenvalue weighted by Crippen LogP contribution is 2.23. The Morgan fingerprint density at radius 2 is 1.89 bits per heavy atom. The van der Waals surface area contributed by atoms with Gasteiger partial charge in [-0.3, -0.25) is 4.79 Å². The van der Waals surface area contributed by atoms with Crippen LogP contribution in [0.15, 0.2) is 42.5 Å². The van der Waals surface area contributed by atoms with Gasteiger partial charge in [-0.1, -0.05) is 43.7 Å². The van der Waals surface area contributed by atoms with E-state index in [1.807, 2.05) is 30.1 Å². The molecule has 1 aliphatic rings. The molecule has 1 saturated heterocycles. The van der Waals surface area contributed by atoms with Crippen LogP contribution in [0.2, 0.25) is 0 Å². The van der Waals surface area contributed by atoms with Crippen LogP contribution in [0.4, 0.5) is 5.69 Å². The Hall–Kier alpha value is -2.08. The second-order valence-corrected chi connectivity index (χ2v) is 9.61. The third kappa shape index (κ3) is 4.80. The van der Waals surface area contributed by atoms with Crippen LogP contribution >= 0.6 is 0 Å². The van der Waals surface area contributed by atoms with Crippen LogP contribution in [-0.2, 0) is 14.6 Å². The lowest BCUT2D eigenvalue weighted by molar-refractivity contribution is -0.131. The minimum Gasteiger partial charge on any atom is -0.365 e. The molecule has 0 bridgehead atoms. The monoisotopic (exact) mass is 388 g/mol. The highest BCUT2D eigenvalue weighted by molar-refractivity contribution is 7.91. The number of sulfone groups is 1. The first-order valence-corrected chi connectivity index (χ1v) is 11.4. The quantitative estimate of drug-likeness (QED) is 0.731. The lowest BCUT2D eigenvalue weighted by atomic mass is 10.1. The van der Waals surface area contributed by atoms with Crippen molar-refractivity contribution in [1.29, 1.82) is 0 Å². The third-order valence-electron chi connectivity index (χ3n) is 5.27. The maximum absolute atomic E-state index is 13.0. The number of fused-ring (bicyclic) bond motifs is 1. The molecule has 6 heteroatoms. The van der Waals surface area contributed by atoms with Crippen molar-refractivity contribution >= 4 is 32.2 Å². The van der Waals surface area contributed by atoms with E-state index in [9.17, 15) is 13.2 Å². The zero-order valence-electron chi connectivity index (χ0n) is 16.1. The highest BCUT2D eigenvalue weighted by atomic mass is 32.2. The van der Waals surface area contributed by atoms with Gasteiger partial charge in [-0.25, -0.2) is 8.42 Å². The van der Waals surface area contributed by atoms with Crippen molar-refractivity contribution in [3.8, 4) is 0 Å². The molecule has 3 rings (SSSR count). The minimum absolute atomic E-state index is 0.00112. The molecule has 5 nitrogen and oxygen atoms in total. The number of benzene rings is 2. The summed E-state index contributed by atoms with van der Waals surface area (Å²) in [5.41, 5.74) is 0.983. The Bertz CT molecular complexity index is 911. The topological polar surface area (TPSA) is 57.7 Å². The molecule has 0 spiro atoms. The van der Waals surface area contributed by atoms with E-state index in [1.165, 1.54) is 5.39 Å².